The molecule has 324 valence electrons. The van der Waals surface area contributed by atoms with E-state index in [-0.39, 0.29) is 18.1 Å². The van der Waals surface area contributed by atoms with Crippen LogP contribution in [0.1, 0.15) is 126 Å². The Morgan fingerprint density at radius 1 is 0.845 bits per heavy atom. The Labute approximate surface area is 354 Å². The highest BCUT2D eigenvalue weighted by molar-refractivity contribution is 7.99. The number of benzene rings is 1. The summed E-state index contributed by atoms with van der Waals surface area (Å²) in [7, 11) is -2.97. The summed E-state index contributed by atoms with van der Waals surface area (Å²) < 4.78 is 37.7. The van der Waals surface area contributed by atoms with E-state index in [0.29, 0.717) is 5.41 Å². The summed E-state index contributed by atoms with van der Waals surface area (Å²) in [5.41, 5.74) is 1.53. The number of carbonyl (C=O) groups excluding carboxylic acids is 3. The summed E-state index contributed by atoms with van der Waals surface area (Å²) in [6.45, 7) is 20.3. The third-order valence-corrected chi connectivity index (χ3v) is 17.7. The van der Waals surface area contributed by atoms with Crippen LogP contribution in [0.4, 0.5) is 0 Å². The fourth-order valence-corrected chi connectivity index (χ4v) is 15.4. The van der Waals surface area contributed by atoms with E-state index in [1.165, 1.54) is 83.9 Å². The van der Waals surface area contributed by atoms with Crippen LogP contribution in [0.2, 0.25) is 13.1 Å². The standard InChI is InChI=1S/C47H72O9SSi/c1-29(2)15-14-16-30(3)38-21-22-39-37-20-19-34-27-35(23-25-46(34,7)40(37)24-26-47(38,39)8)55-58(9,10)56-44-43(53-33(6)50)42(52-32(5)49)41(28-51-31(4)48)54-45(44)57-36-17-12-11-13-18-36/h11-13,17-19,29-30,35,37-45H,14-16,20-28H2,1-10H3. The summed E-state index contributed by atoms with van der Waals surface area (Å²) in [4.78, 5) is 37.9. The van der Waals surface area contributed by atoms with Crippen LogP contribution in [0.25, 0.3) is 0 Å². The Hall–Kier alpha value is -2.18. The number of thioether (sulfide) groups is 1. The number of allylic oxidation sites excluding steroid dienone is 1. The molecule has 13 unspecified atom stereocenters. The van der Waals surface area contributed by atoms with Crippen LogP contribution in [0, 0.1) is 46.3 Å². The average molecular weight is 841 g/mol. The third kappa shape index (κ3) is 10.3. The van der Waals surface area contributed by atoms with Crippen molar-refractivity contribution in [3.05, 3.63) is 42.0 Å². The smallest absolute Gasteiger partial charge is 0.332 e. The molecule has 1 heterocycles. The number of hydrogen-bond donors (Lipinski definition) is 0. The van der Waals surface area contributed by atoms with E-state index < -0.39 is 56.3 Å². The molecule has 6 rings (SSSR count). The highest BCUT2D eigenvalue weighted by Crippen LogP contribution is 2.67. The van der Waals surface area contributed by atoms with Crippen LogP contribution >= 0.6 is 11.8 Å². The Morgan fingerprint density at radius 3 is 2.22 bits per heavy atom. The normalized spacial score (nSPS) is 36.5. The lowest BCUT2D eigenvalue weighted by molar-refractivity contribution is -0.230. The molecule has 4 fully saturated rings. The largest absolute Gasteiger partial charge is 0.463 e. The van der Waals surface area contributed by atoms with E-state index in [9.17, 15) is 14.4 Å². The van der Waals surface area contributed by atoms with Gasteiger partial charge in [0.2, 0.25) is 0 Å². The lowest BCUT2D eigenvalue weighted by atomic mass is 9.47. The maximum atomic E-state index is 12.7. The second-order valence-corrected chi connectivity index (χ2v) is 24.1. The monoisotopic (exact) mass is 840 g/mol. The average Bonchev–Trinajstić information content (AvgIpc) is 3.50. The zero-order valence-corrected chi connectivity index (χ0v) is 38.8. The minimum absolute atomic E-state index is 0.00633. The molecule has 0 spiro atoms. The maximum Gasteiger partial charge on any atom is 0.332 e. The summed E-state index contributed by atoms with van der Waals surface area (Å²) >= 11 is 1.42. The van der Waals surface area contributed by atoms with Crippen molar-refractivity contribution in [2.45, 2.75) is 180 Å². The van der Waals surface area contributed by atoms with Crippen LogP contribution in [-0.2, 0) is 42.2 Å². The van der Waals surface area contributed by atoms with Crippen molar-refractivity contribution in [1.82, 2.24) is 0 Å². The molecule has 0 radical (unpaired) electrons. The van der Waals surface area contributed by atoms with Crippen LogP contribution in [-0.4, -0.2) is 69.0 Å². The van der Waals surface area contributed by atoms with Crippen LogP contribution in [0.3, 0.4) is 0 Å². The molecule has 0 amide bonds. The molecule has 1 aliphatic heterocycles. The van der Waals surface area contributed by atoms with Gasteiger partial charge >= 0.3 is 26.5 Å². The van der Waals surface area contributed by atoms with Gasteiger partial charge in [-0.25, -0.2) is 0 Å². The zero-order chi connectivity index (χ0) is 42.0. The van der Waals surface area contributed by atoms with Crippen LogP contribution < -0.4 is 0 Å². The van der Waals surface area contributed by atoms with Gasteiger partial charge < -0.3 is 27.8 Å². The van der Waals surface area contributed by atoms with E-state index in [4.69, 9.17) is 27.8 Å². The first-order chi connectivity index (χ1) is 27.4. The van der Waals surface area contributed by atoms with Gasteiger partial charge in [-0.1, -0.05) is 95.5 Å². The van der Waals surface area contributed by atoms with E-state index in [2.05, 4.69) is 40.7 Å². The van der Waals surface area contributed by atoms with Crippen molar-refractivity contribution < 1.29 is 42.2 Å². The first-order valence-electron chi connectivity index (χ1n) is 22.3. The predicted octanol–water partition coefficient (Wildman–Crippen LogP) is 10.4. The van der Waals surface area contributed by atoms with Gasteiger partial charge in [-0.05, 0) is 123 Å². The molecule has 3 saturated carbocycles. The highest BCUT2D eigenvalue weighted by Gasteiger charge is 2.60. The fraction of sp³-hybridized carbons (Fsp3) is 0.766. The topological polar surface area (TPSA) is 107 Å². The number of hydrogen-bond acceptors (Lipinski definition) is 10. The Bertz CT molecular complexity index is 1620. The maximum absolute atomic E-state index is 12.7. The van der Waals surface area contributed by atoms with Crippen molar-refractivity contribution in [1.29, 1.82) is 0 Å². The quantitative estimate of drug-likeness (QED) is 0.0733. The summed E-state index contributed by atoms with van der Waals surface area (Å²) in [6, 6.07) is 9.76. The number of ether oxygens (including phenoxy) is 4. The summed E-state index contributed by atoms with van der Waals surface area (Å²) in [5, 5.41) is 0. The molecule has 0 bridgehead atoms. The molecule has 9 nitrogen and oxygen atoms in total. The van der Waals surface area contributed by atoms with Crippen molar-refractivity contribution >= 4 is 38.2 Å². The van der Waals surface area contributed by atoms with Gasteiger partial charge in [0, 0.05) is 25.7 Å². The summed E-state index contributed by atoms with van der Waals surface area (Å²) in [6.07, 6.45) is 12.5. The van der Waals surface area contributed by atoms with Gasteiger partial charge in [-0.2, -0.15) is 0 Å². The number of fused-ring (bicyclic) bond motifs is 5. The molecule has 4 aliphatic carbocycles. The van der Waals surface area contributed by atoms with Gasteiger partial charge in [0.15, 0.2) is 12.2 Å². The Morgan fingerprint density at radius 2 is 1.55 bits per heavy atom. The highest BCUT2D eigenvalue weighted by atomic mass is 32.2. The molecule has 0 N–H and O–H groups in total. The second-order valence-electron chi connectivity index (χ2n) is 19.7. The zero-order valence-electron chi connectivity index (χ0n) is 37.0. The van der Waals surface area contributed by atoms with Crippen LogP contribution in [0.5, 0.6) is 0 Å². The molecule has 13 atom stereocenters. The first kappa shape index (κ1) is 45.3. The van der Waals surface area contributed by atoms with Gasteiger partial charge in [-0.3, -0.25) is 14.4 Å². The second kappa shape index (κ2) is 18.8. The number of rotatable bonds is 15. The molecule has 5 aliphatic rings. The first-order valence-corrected chi connectivity index (χ1v) is 26.0. The molecule has 1 aromatic carbocycles. The van der Waals surface area contributed by atoms with Crippen molar-refractivity contribution in [3.8, 4) is 0 Å². The molecule has 11 heteroatoms. The van der Waals surface area contributed by atoms with Crippen molar-refractivity contribution in [2.75, 3.05) is 6.61 Å². The Kier molecular flexibility index (Phi) is 14.7. The van der Waals surface area contributed by atoms with E-state index in [1.54, 1.807) is 5.57 Å². The lowest BCUT2D eigenvalue weighted by Gasteiger charge is -2.58. The van der Waals surface area contributed by atoms with Gasteiger partial charge in [-0.15, -0.1) is 0 Å². The molecule has 58 heavy (non-hydrogen) atoms. The Balaban J connectivity index is 1.18. The SMILES string of the molecule is CC(=O)OCC1OC(Sc2ccccc2)C(O[Si](C)(C)OC2CCC3(C)C(=CCC4C3CCC3(C)C(C(C)CCCC(C)C)CCC43)C2)C(OC(C)=O)C1OC(C)=O. The minimum Gasteiger partial charge on any atom is -0.463 e. The molecular formula is C47H72O9SSi. The number of carbonyl (C=O) groups is 3. The van der Waals surface area contributed by atoms with Gasteiger partial charge in [0.1, 0.15) is 24.3 Å². The molecular weight excluding hydrogens is 769 g/mol. The fourth-order valence-electron chi connectivity index (χ4n) is 12.2. The minimum atomic E-state index is -2.97. The molecule has 1 saturated heterocycles. The third-order valence-electron chi connectivity index (χ3n) is 14.8. The van der Waals surface area contributed by atoms with Crippen molar-refractivity contribution in [3.63, 3.8) is 0 Å². The van der Waals surface area contributed by atoms with E-state index >= 15 is 0 Å². The molecule has 1 aromatic rings. The van der Waals surface area contributed by atoms with Gasteiger partial charge in [0.05, 0.1) is 6.10 Å². The predicted molar refractivity (Wildman–Crippen MR) is 229 cm³/mol. The van der Waals surface area contributed by atoms with E-state index in [1.807, 2.05) is 43.4 Å². The van der Waals surface area contributed by atoms with Crippen molar-refractivity contribution in [2.24, 2.45) is 46.3 Å². The summed E-state index contributed by atoms with van der Waals surface area (Å²) in [5.74, 6) is 3.14. The van der Waals surface area contributed by atoms with Gasteiger partial charge in [0.25, 0.3) is 0 Å². The number of esters is 3. The van der Waals surface area contributed by atoms with E-state index in [0.717, 1.165) is 59.7 Å². The lowest BCUT2D eigenvalue weighted by Crippen LogP contribution is -2.63. The molecule has 0 aromatic heterocycles. The van der Waals surface area contributed by atoms with Crippen LogP contribution in [0.15, 0.2) is 46.9 Å².